The van der Waals surface area contributed by atoms with E-state index in [2.05, 4.69) is 12.2 Å². The molecule has 0 bridgehead atoms. The molecule has 1 saturated heterocycles. The molecule has 0 spiro atoms. The van der Waals surface area contributed by atoms with Crippen molar-refractivity contribution in [1.29, 1.82) is 0 Å². The minimum Gasteiger partial charge on any atom is -0.363 e. The molecular formula is C13H9F7N2O2S. The van der Waals surface area contributed by atoms with Crippen molar-refractivity contribution in [1.82, 2.24) is 10.6 Å². The highest BCUT2D eigenvalue weighted by molar-refractivity contribution is 7.80. The number of ketones is 1. The van der Waals surface area contributed by atoms with Gasteiger partial charge in [-0.15, -0.1) is 0 Å². The highest BCUT2D eigenvalue weighted by atomic mass is 32.1. The molecule has 0 aliphatic carbocycles. The van der Waals surface area contributed by atoms with Gasteiger partial charge >= 0.3 is 12.4 Å². The molecule has 0 radical (unpaired) electrons. The molecule has 0 aromatic heterocycles. The lowest BCUT2D eigenvalue weighted by Crippen LogP contribution is -2.73. The van der Waals surface area contributed by atoms with Gasteiger partial charge in [0.25, 0.3) is 0 Å². The van der Waals surface area contributed by atoms with Crippen molar-refractivity contribution in [2.45, 2.75) is 24.1 Å². The van der Waals surface area contributed by atoms with E-state index in [0.29, 0.717) is 0 Å². The largest absolute Gasteiger partial charge is 0.450 e. The summed E-state index contributed by atoms with van der Waals surface area (Å²) in [4.78, 5) is 11.7. The second-order valence-corrected chi connectivity index (χ2v) is 5.61. The van der Waals surface area contributed by atoms with E-state index in [-0.39, 0.29) is 0 Å². The molecule has 1 aliphatic rings. The third kappa shape index (κ3) is 3.40. The summed E-state index contributed by atoms with van der Waals surface area (Å²) in [6.45, 7) is 0. The van der Waals surface area contributed by atoms with E-state index < -0.39 is 52.3 Å². The number of alkyl halides is 6. The molecule has 2 rings (SSSR count). The number of hydrogen-bond donors (Lipinski definition) is 3. The normalized spacial score (nSPS) is 27.4. The van der Waals surface area contributed by atoms with Crippen molar-refractivity contribution >= 4 is 23.1 Å². The molecular weight excluding hydrogens is 381 g/mol. The molecule has 1 aromatic rings. The summed E-state index contributed by atoms with van der Waals surface area (Å²) in [5.74, 6) is -7.23. The zero-order chi connectivity index (χ0) is 19.2. The van der Waals surface area contributed by atoms with E-state index in [0.717, 1.165) is 24.3 Å². The number of rotatable bonds is 2. The van der Waals surface area contributed by atoms with Gasteiger partial charge in [-0.1, -0.05) is 18.2 Å². The summed E-state index contributed by atoms with van der Waals surface area (Å²) in [5, 5.41) is 12.3. The molecule has 0 amide bonds. The molecule has 1 aliphatic heterocycles. The first-order valence-electron chi connectivity index (χ1n) is 6.52. The number of Topliss-reactive ketones (excluding diaryl/α,β-unsaturated/α-hetero) is 1. The van der Waals surface area contributed by atoms with Gasteiger partial charge in [-0.05, 0) is 18.3 Å². The Labute approximate surface area is 141 Å². The third-order valence-corrected chi connectivity index (χ3v) is 3.83. The van der Waals surface area contributed by atoms with Crippen LogP contribution in [0.4, 0.5) is 30.7 Å². The molecule has 138 valence electrons. The SMILES string of the molecule is O=C(C1C(c2ccccc2F)NC(=S)NC1(O)C(F)(F)F)C(F)(F)F. The van der Waals surface area contributed by atoms with Crippen LogP contribution < -0.4 is 10.6 Å². The average Bonchev–Trinajstić information content (AvgIpc) is 2.44. The van der Waals surface area contributed by atoms with E-state index in [9.17, 15) is 40.6 Å². The number of nitrogens with one attached hydrogen (secondary N) is 2. The maximum absolute atomic E-state index is 13.9. The van der Waals surface area contributed by atoms with Crippen molar-refractivity contribution in [3.8, 4) is 0 Å². The molecule has 1 heterocycles. The highest BCUT2D eigenvalue weighted by Gasteiger charge is 2.69. The van der Waals surface area contributed by atoms with Gasteiger partial charge in [-0.3, -0.25) is 4.79 Å². The first kappa shape index (κ1) is 19.4. The molecule has 4 nitrogen and oxygen atoms in total. The lowest BCUT2D eigenvalue weighted by molar-refractivity contribution is -0.293. The van der Waals surface area contributed by atoms with Crippen LogP contribution in [0.2, 0.25) is 0 Å². The molecule has 12 heteroatoms. The Morgan fingerprint density at radius 2 is 1.72 bits per heavy atom. The van der Waals surface area contributed by atoms with Crippen LogP contribution >= 0.6 is 12.2 Å². The number of benzene rings is 1. The first-order chi connectivity index (χ1) is 11.3. The van der Waals surface area contributed by atoms with E-state index in [1.54, 1.807) is 0 Å². The van der Waals surface area contributed by atoms with Crippen molar-refractivity contribution < 1.29 is 40.6 Å². The molecule has 3 atom stereocenters. The van der Waals surface area contributed by atoms with Crippen molar-refractivity contribution in [2.75, 3.05) is 0 Å². The summed E-state index contributed by atoms with van der Waals surface area (Å²) in [7, 11) is 0. The number of thiocarbonyl (C=S) groups is 1. The van der Waals surface area contributed by atoms with E-state index in [1.165, 1.54) is 5.32 Å². The van der Waals surface area contributed by atoms with Gasteiger partial charge in [0.2, 0.25) is 11.5 Å². The zero-order valence-corrected chi connectivity index (χ0v) is 12.7. The predicted octanol–water partition coefficient (Wildman–Crippen LogP) is 2.34. The second-order valence-electron chi connectivity index (χ2n) is 5.20. The smallest absolute Gasteiger partial charge is 0.363 e. The third-order valence-electron chi connectivity index (χ3n) is 3.61. The van der Waals surface area contributed by atoms with Crippen molar-refractivity contribution in [3.63, 3.8) is 0 Å². The first-order valence-corrected chi connectivity index (χ1v) is 6.93. The van der Waals surface area contributed by atoms with Crippen LogP contribution in [0.3, 0.4) is 0 Å². The number of carbonyl (C=O) groups excluding carboxylic acids is 1. The van der Waals surface area contributed by atoms with Crippen LogP contribution in [0.25, 0.3) is 0 Å². The van der Waals surface area contributed by atoms with Crippen LogP contribution in [0.15, 0.2) is 24.3 Å². The van der Waals surface area contributed by atoms with E-state index >= 15 is 0 Å². The highest BCUT2D eigenvalue weighted by Crippen LogP contribution is 2.45. The van der Waals surface area contributed by atoms with Crippen LogP contribution in [0, 0.1) is 11.7 Å². The van der Waals surface area contributed by atoms with Gasteiger partial charge in [0.05, 0.1) is 6.04 Å². The van der Waals surface area contributed by atoms with Gasteiger partial charge in [0.15, 0.2) is 5.11 Å². The number of halogens is 7. The average molecular weight is 390 g/mol. The lowest BCUT2D eigenvalue weighted by Gasteiger charge is -2.46. The molecule has 1 fully saturated rings. The van der Waals surface area contributed by atoms with E-state index in [1.807, 2.05) is 5.32 Å². The van der Waals surface area contributed by atoms with Crippen molar-refractivity contribution in [2.24, 2.45) is 5.92 Å². The minimum absolute atomic E-state index is 0.684. The van der Waals surface area contributed by atoms with Gasteiger partial charge in [0, 0.05) is 5.56 Å². The molecule has 1 aromatic carbocycles. The number of aliphatic hydroxyl groups is 1. The molecule has 0 saturated carbocycles. The minimum atomic E-state index is -5.71. The quantitative estimate of drug-likeness (QED) is 0.535. The predicted molar refractivity (Wildman–Crippen MR) is 73.6 cm³/mol. The monoisotopic (exact) mass is 390 g/mol. The molecule has 25 heavy (non-hydrogen) atoms. The summed E-state index contributed by atoms with van der Waals surface area (Å²) < 4.78 is 92.3. The summed E-state index contributed by atoms with van der Waals surface area (Å²) in [5.41, 5.74) is -5.02. The summed E-state index contributed by atoms with van der Waals surface area (Å²) in [6, 6.07) is 1.76. The van der Waals surface area contributed by atoms with Crippen LogP contribution in [-0.2, 0) is 4.79 Å². The lowest BCUT2D eigenvalue weighted by atomic mass is 9.79. The Hall–Kier alpha value is -1.95. The number of carbonyl (C=O) groups is 1. The fourth-order valence-corrected chi connectivity index (χ4v) is 2.78. The summed E-state index contributed by atoms with van der Waals surface area (Å²) in [6.07, 6.45) is -11.4. The second kappa shape index (κ2) is 6.09. The Morgan fingerprint density at radius 3 is 2.20 bits per heavy atom. The Bertz CT molecular complexity index is 706. The Kier molecular flexibility index (Phi) is 4.72. The van der Waals surface area contributed by atoms with Crippen LogP contribution in [-0.4, -0.2) is 34.1 Å². The van der Waals surface area contributed by atoms with Gasteiger partial charge in [0.1, 0.15) is 11.7 Å². The van der Waals surface area contributed by atoms with Crippen molar-refractivity contribution in [3.05, 3.63) is 35.6 Å². The Morgan fingerprint density at radius 1 is 1.16 bits per heavy atom. The zero-order valence-electron chi connectivity index (χ0n) is 11.9. The van der Waals surface area contributed by atoms with Gasteiger partial charge < -0.3 is 15.7 Å². The fourth-order valence-electron chi connectivity index (χ4n) is 2.50. The molecule has 3 unspecified atom stereocenters. The molecule has 3 N–H and O–H groups in total. The topological polar surface area (TPSA) is 61.4 Å². The van der Waals surface area contributed by atoms with Crippen LogP contribution in [0.5, 0.6) is 0 Å². The summed E-state index contributed by atoms with van der Waals surface area (Å²) >= 11 is 4.48. The standard InChI is InChI=1S/C13H9F7N2O2S/c14-6-4-2-1-3-5(6)8-7(9(23)12(15,16)17)11(24,13(18,19)20)22-10(25)21-8/h1-4,7-8,24H,(H2,21,22,25). The van der Waals surface area contributed by atoms with Gasteiger partial charge in [-0.25, -0.2) is 4.39 Å². The van der Waals surface area contributed by atoms with Crippen LogP contribution in [0.1, 0.15) is 11.6 Å². The maximum Gasteiger partial charge on any atom is 0.450 e. The fraction of sp³-hybridized carbons (Fsp3) is 0.385. The van der Waals surface area contributed by atoms with Gasteiger partial charge in [-0.2, -0.15) is 26.3 Å². The Balaban J connectivity index is 2.69. The number of hydrogen-bond acceptors (Lipinski definition) is 3. The van der Waals surface area contributed by atoms with E-state index in [4.69, 9.17) is 0 Å². The maximum atomic E-state index is 13.9.